The molecule has 7 heteroatoms. The summed E-state index contributed by atoms with van der Waals surface area (Å²) in [7, 11) is 0. The van der Waals surface area contributed by atoms with Gasteiger partial charge in [-0.15, -0.1) is 16.7 Å². The largest absolute Gasteiger partial charge is 0.389 e. The van der Waals surface area contributed by atoms with Crippen molar-refractivity contribution in [3.8, 4) is 0 Å². The van der Waals surface area contributed by atoms with Crippen molar-refractivity contribution >= 4 is 11.6 Å². The molecule has 1 rings (SSSR count). The monoisotopic (exact) mass is 255 g/mol. The van der Waals surface area contributed by atoms with Gasteiger partial charge in [0, 0.05) is 25.0 Å². The Kier molecular flexibility index (Phi) is 5.05. The van der Waals surface area contributed by atoms with Crippen molar-refractivity contribution in [2.75, 3.05) is 5.88 Å². The van der Waals surface area contributed by atoms with Crippen molar-refractivity contribution in [3.05, 3.63) is 11.9 Å². The molecule has 1 heterocycles. The van der Waals surface area contributed by atoms with Crippen LogP contribution in [0.25, 0.3) is 0 Å². The number of aromatic nitrogens is 3. The Morgan fingerprint density at radius 2 is 2.06 bits per heavy atom. The molecule has 0 saturated heterocycles. The van der Waals surface area contributed by atoms with E-state index in [-0.39, 0.29) is 13.0 Å². The molecule has 0 fully saturated rings. The minimum absolute atomic E-state index is 0.0296. The molecule has 0 aliphatic rings. The average molecular weight is 256 g/mol. The number of hydrogen-bond acceptors (Lipinski definition) is 2. The fraction of sp³-hybridized carbons (Fsp3) is 0.778. The van der Waals surface area contributed by atoms with E-state index in [1.54, 1.807) is 6.20 Å². The second-order valence-electron chi connectivity index (χ2n) is 3.48. The molecule has 0 radical (unpaired) electrons. The van der Waals surface area contributed by atoms with Crippen molar-refractivity contribution in [1.29, 1.82) is 0 Å². The Morgan fingerprint density at radius 1 is 1.31 bits per heavy atom. The highest BCUT2D eigenvalue weighted by atomic mass is 35.5. The van der Waals surface area contributed by atoms with Crippen LogP contribution in [0.1, 0.15) is 25.0 Å². The van der Waals surface area contributed by atoms with E-state index in [4.69, 9.17) is 11.6 Å². The molecule has 16 heavy (non-hydrogen) atoms. The van der Waals surface area contributed by atoms with Crippen LogP contribution < -0.4 is 0 Å². The predicted molar refractivity (Wildman–Crippen MR) is 54.4 cm³/mol. The van der Waals surface area contributed by atoms with Gasteiger partial charge in [-0.2, -0.15) is 13.2 Å². The number of alkyl halides is 4. The first kappa shape index (κ1) is 13.3. The summed E-state index contributed by atoms with van der Waals surface area (Å²) in [6.45, 7) is 0.243. The summed E-state index contributed by atoms with van der Waals surface area (Å²) in [6, 6.07) is 0. The molecule has 0 aliphatic heterocycles. The lowest BCUT2D eigenvalue weighted by molar-refractivity contribution is -0.136. The van der Waals surface area contributed by atoms with Crippen LogP contribution in [0, 0.1) is 0 Å². The van der Waals surface area contributed by atoms with E-state index in [9.17, 15) is 13.2 Å². The third-order valence-corrected chi connectivity index (χ3v) is 2.27. The molecule has 0 aliphatic carbocycles. The van der Waals surface area contributed by atoms with Gasteiger partial charge in [0.1, 0.15) is 0 Å². The summed E-state index contributed by atoms with van der Waals surface area (Å²) in [5.41, 5.74) is 0.771. The van der Waals surface area contributed by atoms with Crippen LogP contribution in [0.3, 0.4) is 0 Å². The average Bonchev–Trinajstić information content (AvgIpc) is 2.61. The Hall–Kier alpha value is -0.780. The number of halogens is 4. The zero-order valence-corrected chi connectivity index (χ0v) is 9.43. The first-order valence-electron chi connectivity index (χ1n) is 5.03. The highest BCUT2D eigenvalue weighted by molar-refractivity contribution is 6.17. The maximum absolute atomic E-state index is 11.9. The second kappa shape index (κ2) is 6.08. The Balaban J connectivity index is 2.29. The molecule has 0 saturated carbocycles. The number of nitrogens with zero attached hydrogens (tertiary/aromatic N) is 3. The Morgan fingerprint density at radius 3 is 2.69 bits per heavy atom. The third-order valence-electron chi connectivity index (χ3n) is 2.00. The van der Waals surface area contributed by atoms with E-state index in [1.807, 2.05) is 0 Å². The molecular weight excluding hydrogens is 243 g/mol. The summed E-state index contributed by atoms with van der Waals surface area (Å²) in [5, 5.41) is 7.59. The number of hydrogen-bond donors (Lipinski definition) is 0. The standard InChI is InChI=1S/C9H13ClF3N3/c10-5-1-3-8-7-16(15-14-8)6-2-4-9(11,12)13/h7H,1-6H2. The molecule has 0 spiro atoms. The summed E-state index contributed by atoms with van der Waals surface area (Å²) in [5.74, 6) is 0.543. The molecule has 0 unspecified atom stereocenters. The van der Waals surface area contributed by atoms with Crippen LogP contribution in [0.15, 0.2) is 6.20 Å². The fourth-order valence-corrected chi connectivity index (χ4v) is 1.39. The number of aryl methyl sites for hydroxylation is 2. The van der Waals surface area contributed by atoms with Crippen LogP contribution in [-0.2, 0) is 13.0 Å². The highest BCUT2D eigenvalue weighted by Gasteiger charge is 2.26. The van der Waals surface area contributed by atoms with Gasteiger partial charge in [0.15, 0.2) is 0 Å². The van der Waals surface area contributed by atoms with Crippen molar-refractivity contribution in [2.24, 2.45) is 0 Å². The van der Waals surface area contributed by atoms with Crippen LogP contribution in [0.4, 0.5) is 13.2 Å². The quantitative estimate of drug-likeness (QED) is 0.732. The van der Waals surface area contributed by atoms with Gasteiger partial charge in [0.2, 0.25) is 0 Å². The summed E-state index contributed by atoms with van der Waals surface area (Å²) in [4.78, 5) is 0. The van der Waals surface area contributed by atoms with Gasteiger partial charge >= 0.3 is 6.18 Å². The van der Waals surface area contributed by atoms with Crippen LogP contribution in [0.2, 0.25) is 0 Å². The molecule has 1 aromatic heterocycles. The minimum atomic E-state index is -4.10. The molecule has 0 aromatic carbocycles. The summed E-state index contributed by atoms with van der Waals surface area (Å²) in [6.07, 6.45) is -1.68. The highest BCUT2D eigenvalue weighted by Crippen LogP contribution is 2.21. The first-order valence-corrected chi connectivity index (χ1v) is 5.56. The first-order chi connectivity index (χ1) is 7.51. The van der Waals surface area contributed by atoms with Crippen molar-refractivity contribution in [2.45, 2.75) is 38.4 Å². The van der Waals surface area contributed by atoms with E-state index in [0.29, 0.717) is 12.3 Å². The van der Waals surface area contributed by atoms with Crippen molar-refractivity contribution in [1.82, 2.24) is 15.0 Å². The Labute approximate surface area is 96.6 Å². The van der Waals surface area contributed by atoms with Crippen LogP contribution in [-0.4, -0.2) is 27.1 Å². The van der Waals surface area contributed by atoms with E-state index in [1.165, 1.54) is 4.68 Å². The lowest BCUT2D eigenvalue weighted by Crippen LogP contribution is -2.09. The van der Waals surface area contributed by atoms with E-state index < -0.39 is 12.6 Å². The lowest BCUT2D eigenvalue weighted by Gasteiger charge is -2.04. The van der Waals surface area contributed by atoms with Gasteiger partial charge in [-0.05, 0) is 19.3 Å². The molecule has 0 atom stereocenters. The smallest absolute Gasteiger partial charge is 0.252 e. The fourth-order valence-electron chi connectivity index (χ4n) is 1.25. The molecule has 0 N–H and O–H groups in total. The molecule has 1 aromatic rings. The SMILES string of the molecule is FC(F)(F)CCCn1cc(CCCCl)nn1. The molecule has 0 amide bonds. The normalized spacial score (nSPS) is 12.0. The summed E-state index contributed by atoms with van der Waals surface area (Å²) >= 11 is 5.51. The predicted octanol–water partition coefficient (Wildman–Crippen LogP) is 2.79. The van der Waals surface area contributed by atoms with Gasteiger partial charge < -0.3 is 0 Å². The lowest BCUT2D eigenvalue weighted by atomic mass is 10.3. The van der Waals surface area contributed by atoms with Crippen molar-refractivity contribution in [3.63, 3.8) is 0 Å². The molecule has 3 nitrogen and oxygen atoms in total. The third kappa shape index (κ3) is 5.34. The van der Waals surface area contributed by atoms with Crippen molar-refractivity contribution < 1.29 is 13.2 Å². The van der Waals surface area contributed by atoms with E-state index in [0.717, 1.165) is 12.1 Å². The van der Waals surface area contributed by atoms with Gasteiger partial charge in [-0.3, -0.25) is 4.68 Å². The van der Waals surface area contributed by atoms with Gasteiger partial charge in [-0.25, -0.2) is 0 Å². The topological polar surface area (TPSA) is 30.7 Å². The van der Waals surface area contributed by atoms with Gasteiger partial charge in [-0.1, -0.05) is 5.21 Å². The van der Waals surface area contributed by atoms with Gasteiger partial charge in [0.25, 0.3) is 0 Å². The second-order valence-corrected chi connectivity index (χ2v) is 3.86. The maximum atomic E-state index is 11.9. The Bertz CT molecular complexity index is 311. The molecule has 0 bridgehead atoms. The van der Waals surface area contributed by atoms with Gasteiger partial charge in [0.05, 0.1) is 5.69 Å². The molecule has 92 valence electrons. The molecular formula is C9H13ClF3N3. The van der Waals surface area contributed by atoms with E-state index in [2.05, 4.69) is 10.3 Å². The zero-order valence-electron chi connectivity index (χ0n) is 8.67. The number of rotatable bonds is 6. The van der Waals surface area contributed by atoms with Crippen LogP contribution in [0.5, 0.6) is 0 Å². The zero-order chi connectivity index (χ0) is 12.0. The van der Waals surface area contributed by atoms with Crippen LogP contribution >= 0.6 is 11.6 Å². The maximum Gasteiger partial charge on any atom is 0.389 e. The minimum Gasteiger partial charge on any atom is -0.252 e. The van der Waals surface area contributed by atoms with E-state index >= 15 is 0 Å². The summed E-state index contributed by atoms with van der Waals surface area (Å²) < 4.78 is 37.1.